The highest BCUT2D eigenvalue weighted by molar-refractivity contribution is 7.98. The summed E-state index contributed by atoms with van der Waals surface area (Å²) in [5.74, 6) is 2.22. The molecule has 19 heavy (non-hydrogen) atoms. The second-order valence-electron chi connectivity index (χ2n) is 4.38. The third-order valence-electron chi connectivity index (χ3n) is 2.61. The lowest BCUT2D eigenvalue weighted by atomic mass is 10.2. The second kappa shape index (κ2) is 5.00. The first-order valence-corrected chi connectivity index (χ1v) is 6.95. The lowest BCUT2D eigenvalue weighted by Gasteiger charge is -1.99. The van der Waals surface area contributed by atoms with Gasteiger partial charge in [-0.1, -0.05) is 30.8 Å². The summed E-state index contributed by atoms with van der Waals surface area (Å²) in [6, 6.07) is 0. The Morgan fingerprint density at radius 2 is 2.05 bits per heavy atom. The van der Waals surface area contributed by atoms with Gasteiger partial charge in [0.2, 0.25) is 5.89 Å². The zero-order valence-electron chi connectivity index (χ0n) is 10.6. The van der Waals surface area contributed by atoms with Gasteiger partial charge in [-0.3, -0.25) is 0 Å². The molecule has 0 bridgehead atoms. The molecule has 0 spiro atoms. The third-order valence-corrected chi connectivity index (χ3v) is 3.56. The largest absolute Gasteiger partial charge is 0.338 e. The van der Waals surface area contributed by atoms with Gasteiger partial charge in [0.1, 0.15) is 5.03 Å². The third kappa shape index (κ3) is 2.46. The van der Waals surface area contributed by atoms with Crippen LogP contribution in [0.3, 0.4) is 0 Å². The van der Waals surface area contributed by atoms with E-state index in [1.807, 2.05) is 30.6 Å². The molecule has 0 saturated heterocycles. The Labute approximate surface area is 114 Å². The molecule has 0 radical (unpaired) electrons. The van der Waals surface area contributed by atoms with Crippen molar-refractivity contribution >= 4 is 17.4 Å². The van der Waals surface area contributed by atoms with Gasteiger partial charge in [-0.25, -0.2) is 9.97 Å². The number of fused-ring (bicyclic) bond motifs is 1. The van der Waals surface area contributed by atoms with E-state index < -0.39 is 0 Å². The lowest BCUT2D eigenvalue weighted by Crippen LogP contribution is -1.92. The summed E-state index contributed by atoms with van der Waals surface area (Å²) in [6.07, 6.45) is 7.27. The van der Waals surface area contributed by atoms with Crippen LogP contribution in [-0.4, -0.2) is 24.5 Å². The van der Waals surface area contributed by atoms with Crippen LogP contribution in [0.2, 0.25) is 0 Å². The molecule has 0 saturated carbocycles. The summed E-state index contributed by atoms with van der Waals surface area (Å²) in [5, 5.41) is 4.80. The maximum Gasteiger partial charge on any atom is 0.237 e. The van der Waals surface area contributed by atoms with E-state index in [0.29, 0.717) is 11.6 Å². The molecule has 0 aromatic carbocycles. The minimum Gasteiger partial charge on any atom is -0.338 e. The summed E-state index contributed by atoms with van der Waals surface area (Å²) in [5.41, 5.74) is 0.844. The summed E-state index contributed by atoms with van der Waals surface area (Å²) < 4.78 is 7.14. The fraction of sp³-hybridized carbons (Fsp3) is 0.333. The van der Waals surface area contributed by atoms with Gasteiger partial charge in [0.05, 0.1) is 5.75 Å². The predicted octanol–water partition coefficient (Wildman–Crippen LogP) is 2.53. The van der Waals surface area contributed by atoms with Crippen molar-refractivity contribution in [3.63, 3.8) is 0 Å². The number of aromatic nitrogens is 5. The molecule has 6 nitrogen and oxygen atoms in total. The van der Waals surface area contributed by atoms with Crippen LogP contribution < -0.4 is 0 Å². The normalized spacial score (nSPS) is 11.5. The Kier molecular flexibility index (Phi) is 3.20. The Bertz CT molecular complexity index is 690. The van der Waals surface area contributed by atoms with Gasteiger partial charge in [-0.05, 0) is 0 Å². The molecule has 3 aromatic heterocycles. The number of thioether (sulfide) groups is 1. The van der Waals surface area contributed by atoms with E-state index in [1.165, 1.54) is 0 Å². The van der Waals surface area contributed by atoms with E-state index in [1.54, 1.807) is 24.2 Å². The molecule has 0 unspecified atom stereocenters. The molecule has 3 aromatic rings. The summed E-state index contributed by atoms with van der Waals surface area (Å²) in [7, 11) is 0. The maximum absolute atomic E-state index is 5.20. The molecule has 98 valence electrons. The van der Waals surface area contributed by atoms with E-state index in [2.05, 4.69) is 20.1 Å². The molecular formula is C12H13N5OS. The second-order valence-corrected chi connectivity index (χ2v) is 5.34. The van der Waals surface area contributed by atoms with Crippen LogP contribution in [0.5, 0.6) is 0 Å². The zero-order chi connectivity index (χ0) is 13.2. The van der Waals surface area contributed by atoms with Crippen LogP contribution in [-0.2, 0) is 5.75 Å². The van der Waals surface area contributed by atoms with Crippen LogP contribution in [0.25, 0.3) is 5.65 Å². The van der Waals surface area contributed by atoms with Gasteiger partial charge in [0.15, 0.2) is 11.5 Å². The first kappa shape index (κ1) is 12.2. The van der Waals surface area contributed by atoms with Crippen molar-refractivity contribution in [3.8, 4) is 0 Å². The van der Waals surface area contributed by atoms with Crippen molar-refractivity contribution < 1.29 is 4.52 Å². The van der Waals surface area contributed by atoms with Crippen LogP contribution in [0.4, 0.5) is 0 Å². The fourth-order valence-corrected chi connectivity index (χ4v) is 2.42. The fourth-order valence-electron chi connectivity index (χ4n) is 1.62. The molecule has 0 aliphatic rings. The Hall–Kier alpha value is -1.89. The molecule has 7 heteroatoms. The lowest BCUT2D eigenvalue weighted by molar-refractivity contribution is 0.383. The number of hydrogen-bond acceptors (Lipinski definition) is 6. The van der Waals surface area contributed by atoms with Gasteiger partial charge in [0.25, 0.3) is 0 Å². The van der Waals surface area contributed by atoms with E-state index in [0.717, 1.165) is 16.5 Å². The Morgan fingerprint density at radius 3 is 2.79 bits per heavy atom. The van der Waals surface area contributed by atoms with Crippen LogP contribution in [0, 0.1) is 0 Å². The summed E-state index contributed by atoms with van der Waals surface area (Å²) in [4.78, 5) is 12.9. The molecule has 0 N–H and O–H groups in total. The van der Waals surface area contributed by atoms with Crippen molar-refractivity contribution in [1.82, 2.24) is 24.5 Å². The van der Waals surface area contributed by atoms with Crippen molar-refractivity contribution in [2.24, 2.45) is 0 Å². The molecule has 0 aliphatic carbocycles. The smallest absolute Gasteiger partial charge is 0.237 e. The molecule has 0 aliphatic heterocycles. The van der Waals surface area contributed by atoms with Crippen molar-refractivity contribution in [2.75, 3.05) is 0 Å². The Morgan fingerprint density at radius 1 is 1.26 bits per heavy atom. The van der Waals surface area contributed by atoms with Gasteiger partial charge in [-0.2, -0.15) is 4.98 Å². The SMILES string of the molecule is CC(C)c1noc(CSc2nccn3ccnc23)n1. The van der Waals surface area contributed by atoms with Crippen molar-refractivity contribution in [1.29, 1.82) is 0 Å². The van der Waals surface area contributed by atoms with E-state index >= 15 is 0 Å². The average molecular weight is 275 g/mol. The Balaban J connectivity index is 1.76. The molecule has 3 rings (SSSR count). The van der Waals surface area contributed by atoms with Crippen LogP contribution in [0.15, 0.2) is 34.3 Å². The first-order valence-electron chi connectivity index (χ1n) is 5.97. The topological polar surface area (TPSA) is 69.1 Å². The molecule has 0 amide bonds. The maximum atomic E-state index is 5.20. The van der Waals surface area contributed by atoms with E-state index in [9.17, 15) is 0 Å². The van der Waals surface area contributed by atoms with Crippen LogP contribution in [0.1, 0.15) is 31.5 Å². The van der Waals surface area contributed by atoms with Crippen LogP contribution >= 0.6 is 11.8 Å². The van der Waals surface area contributed by atoms with Crippen molar-refractivity contribution in [2.45, 2.75) is 30.5 Å². The number of imidazole rings is 1. The summed E-state index contributed by atoms with van der Waals surface area (Å²) >= 11 is 1.54. The minimum absolute atomic E-state index is 0.274. The minimum atomic E-state index is 0.274. The van der Waals surface area contributed by atoms with Gasteiger partial charge in [-0.15, -0.1) is 0 Å². The molecule has 0 atom stereocenters. The monoisotopic (exact) mass is 275 g/mol. The van der Waals surface area contributed by atoms with E-state index in [4.69, 9.17) is 4.52 Å². The van der Waals surface area contributed by atoms with E-state index in [-0.39, 0.29) is 5.92 Å². The van der Waals surface area contributed by atoms with Gasteiger partial charge in [0, 0.05) is 30.7 Å². The van der Waals surface area contributed by atoms with Crippen molar-refractivity contribution in [3.05, 3.63) is 36.5 Å². The highest BCUT2D eigenvalue weighted by Gasteiger charge is 2.11. The number of hydrogen-bond donors (Lipinski definition) is 0. The highest BCUT2D eigenvalue weighted by atomic mass is 32.2. The number of rotatable bonds is 4. The van der Waals surface area contributed by atoms with Gasteiger partial charge >= 0.3 is 0 Å². The molecule has 3 heterocycles. The number of nitrogens with zero attached hydrogens (tertiary/aromatic N) is 5. The molecular weight excluding hydrogens is 262 g/mol. The average Bonchev–Trinajstić information content (AvgIpc) is 3.05. The zero-order valence-corrected chi connectivity index (χ0v) is 11.5. The summed E-state index contributed by atoms with van der Waals surface area (Å²) in [6.45, 7) is 4.07. The predicted molar refractivity (Wildman–Crippen MR) is 70.9 cm³/mol. The molecule has 0 fully saturated rings. The quantitative estimate of drug-likeness (QED) is 0.681. The highest BCUT2D eigenvalue weighted by Crippen LogP contribution is 2.23. The first-order chi connectivity index (χ1) is 9.24. The standard InChI is InChI=1S/C12H13N5OS/c1-8(2)10-15-9(18-16-10)7-19-12-11-13-3-5-17(11)6-4-14-12/h3-6,8H,7H2,1-2H3. The van der Waals surface area contributed by atoms with Gasteiger partial charge < -0.3 is 8.92 Å².